The van der Waals surface area contributed by atoms with Crippen LogP contribution in [0.3, 0.4) is 0 Å². The number of rotatable bonds is 6. The van der Waals surface area contributed by atoms with Crippen LogP contribution in [0.5, 0.6) is 0 Å². The molecule has 0 saturated carbocycles. The number of carboxylic acids is 1. The monoisotopic (exact) mass is 429 g/mol. The number of carbonyl (C=O) groups excluding carboxylic acids is 2. The van der Waals surface area contributed by atoms with Crippen molar-refractivity contribution < 1.29 is 23.1 Å². The van der Waals surface area contributed by atoms with Crippen LogP contribution in [0.4, 0.5) is 11.4 Å². The Balaban J connectivity index is 1.74. The van der Waals surface area contributed by atoms with E-state index in [1.165, 1.54) is 66.7 Å². The second-order valence-corrected chi connectivity index (χ2v) is 8.04. The number of aromatic carboxylic acids is 1. The van der Waals surface area contributed by atoms with Crippen molar-refractivity contribution in [1.82, 2.24) is 0 Å². The number of hydrogen-bond acceptors (Lipinski definition) is 5. The molecule has 148 valence electrons. The standard InChI is InChI=1S/C20H15ClN2O5S/c21-14-7-11-16(12-8-14)29(27,28)23-15-9-5-13(6-10-15)19(24)22-18-4-2-1-3-17(18)20(25)26/h1-12,23H,(H,22,24)(H,25,26)/p-1. The number of carboxylic acid groups (broad SMARTS) is 1. The lowest BCUT2D eigenvalue weighted by Crippen LogP contribution is -2.24. The van der Waals surface area contributed by atoms with Crippen LogP contribution in [0.2, 0.25) is 5.02 Å². The minimum Gasteiger partial charge on any atom is -0.545 e. The summed E-state index contributed by atoms with van der Waals surface area (Å²) in [6.07, 6.45) is 0. The van der Waals surface area contributed by atoms with Crippen LogP contribution in [0.1, 0.15) is 20.7 Å². The molecule has 0 atom stereocenters. The summed E-state index contributed by atoms with van der Waals surface area (Å²) in [4.78, 5) is 23.5. The van der Waals surface area contributed by atoms with Crippen molar-refractivity contribution in [3.8, 4) is 0 Å². The van der Waals surface area contributed by atoms with Gasteiger partial charge >= 0.3 is 0 Å². The van der Waals surface area contributed by atoms with Crippen LogP contribution in [0, 0.1) is 0 Å². The highest BCUT2D eigenvalue weighted by Crippen LogP contribution is 2.20. The van der Waals surface area contributed by atoms with Crippen molar-refractivity contribution >= 4 is 44.9 Å². The predicted octanol–water partition coefficient (Wildman–Crippen LogP) is 2.76. The summed E-state index contributed by atoms with van der Waals surface area (Å²) in [6, 6.07) is 17.2. The summed E-state index contributed by atoms with van der Waals surface area (Å²) in [5.74, 6) is -1.96. The minimum atomic E-state index is -3.81. The van der Waals surface area contributed by atoms with E-state index in [0.717, 1.165) is 0 Å². The van der Waals surface area contributed by atoms with Gasteiger partial charge in [-0.2, -0.15) is 0 Å². The van der Waals surface area contributed by atoms with Crippen molar-refractivity contribution in [2.45, 2.75) is 4.90 Å². The van der Waals surface area contributed by atoms with Crippen molar-refractivity contribution in [1.29, 1.82) is 0 Å². The zero-order valence-corrected chi connectivity index (χ0v) is 16.3. The molecule has 2 N–H and O–H groups in total. The third kappa shape index (κ3) is 4.92. The van der Waals surface area contributed by atoms with E-state index >= 15 is 0 Å². The number of benzene rings is 3. The van der Waals surface area contributed by atoms with Gasteiger partial charge in [0.05, 0.1) is 16.6 Å². The number of sulfonamides is 1. The Bertz CT molecular complexity index is 1160. The van der Waals surface area contributed by atoms with Crippen molar-refractivity contribution in [2.75, 3.05) is 10.0 Å². The molecule has 9 heteroatoms. The molecule has 29 heavy (non-hydrogen) atoms. The molecular weight excluding hydrogens is 416 g/mol. The third-order valence-electron chi connectivity index (χ3n) is 3.92. The van der Waals surface area contributed by atoms with Crippen LogP contribution in [-0.2, 0) is 10.0 Å². The minimum absolute atomic E-state index is 0.0441. The molecule has 1 amide bonds. The SMILES string of the molecule is O=C(Nc1ccccc1C(=O)[O-])c1ccc(NS(=O)(=O)c2ccc(Cl)cc2)cc1. The van der Waals surface area contributed by atoms with Crippen molar-refractivity contribution in [3.05, 3.63) is 88.9 Å². The zero-order chi connectivity index (χ0) is 21.0. The fourth-order valence-corrected chi connectivity index (χ4v) is 3.67. The molecule has 0 spiro atoms. The average molecular weight is 430 g/mol. The molecule has 7 nitrogen and oxygen atoms in total. The van der Waals surface area contributed by atoms with Crippen molar-refractivity contribution in [2.24, 2.45) is 0 Å². The van der Waals surface area contributed by atoms with Crippen LogP contribution in [0.25, 0.3) is 0 Å². The van der Waals surface area contributed by atoms with Gasteiger partial charge in [0.25, 0.3) is 15.9 Å². The Kier molecular flexibility index (Phi) is 5.86. The Morgan fingerprint density at radius 1 is 0.862 bits per heavy atom. The zero-order valence-electron chi connectivity index (χ0n) is 14.8. The first-order valence-electron chi connectivity index (χ1n) is 8.26. The number of halogens is 1. The summed E-state index contributed by atoms with van der Waals surface area (Å²) >= 11 is 5.76. The first-order valence-corrected chi connectivity index (χ1v) is 10.1. The van der Waals surface area contributed by atoms with Gasteiger partial charge in [-0.05, 0) is 54.6 Å². The summed E-state index contributed by atoms with van der Waals surface area (Å²) in [6.45, 7) is 0. The Hall–Kier alpha value is -3.36. The smallest absolute Gasteiger partial charge is 0.261 e. The fraction of sp³-hybridized carbons (Fsp3) is 0. The van der Waals surface area contributed by atoms with Gasteiger partial charge in [0.2, 0.25) is 0 Å². The molecular formula is C20H14ClN2O5S-. The van der Waals surface area contributed by atoms with E-state index < -0.39 is 21.9 Å². The summed E-state index contributed by atoms with van der Waals surface area (Å²) in [5.41, 5.74) is 0.428. The molecule has 0 bridgehead atoms. The molecule has 0 fully saturated rings. The average Bonchev–Trinajstić information content (AvgIpc) is 2.69. The van der Waals surface area contributed by atoms with Crippen LogP contribution in [-0.4, -0.2) is 20.3 Å². The van der Waals surface area contributed by atoms with Crippen LogP contribution < -0.4 is 15.1 Å². The Labute approximate surface area is 172 Å². The molecule has 3 rings (SSSR count). The van der Waals surface area contributed by atoms with Crippen LogP contribution in [0.15, 0.2) is 77.7 Å². The van der Waals surface area contributed by atoms with Gasteiger partial charge in [0.1, 0.15) is 0 Å². The van der Waals surface area contributed by atoms with Gasteiger partial charge in [-0.3, -0.25) is 9.52 Å². The van der Waals surface area contributed by atoms with Gasteiger partial charge in [0, 0.05) is 21.8 Å². The molecule has 0 radical (unpaired) electrons. The molecule has 0 saturated heterocycles. The highest BCUT2D eigenvalue weighted by Gasteiger charge is 2.15. The number of hydrogen-bond donors (Lipinski definition) is 2. The lowest BCUT2D eigenvalue weighted by molar-refractivity contribution is -0.254. The van der Waals surface area contributed by atoms with Gasteiger partial charge < -0.3 is 15.2 Å². The second kappa shape index (κ2) is 8.34. The van der Waals surface area contributed by atoms with Gasteiger partial charge in [0.15, 0.2) is 0 Å². The third-order valence-corrected chi connectivity index (χ3v) is 5.57. The molecule has 3 aromatic carbocycles. The van der Waals surface area contributed by atoms with Crippen LogP contribution >= 0.6 is 11.6 Å². The maximum absolute atomic E-state index is 12.4. The lowest BCUT2D eigenvalue weighted by atomic mass is 10.1. The number of anilines is 2. The van der Waals surface area contributed by atoms with Gasteiger partial charge in [-0.15, -0.1) is 0 Å². The summed E-state index contributed by atoms with van der Waals surface area (Å²) in [7, 11) is -3.81. The molecule has 3 aromatic rings. The van der Waals surface area contributed by atoms with Gasteiger partial charge in [-0.1, -0.05) is 29.8 Å². The highest BCUT2D eigenvalue weighted by molar-refractivity contribution is 7.92. The van der Waals surface area contributed by atoms with Crippen molar-refractivity contribution in [3.63, 3.8) is 0 Å². The predicted molar refractivity (Wildman–Crippen MR) is 107 cm³/mol. The maximum atomic E-state index is 12.4. The molecule has 0 unspecified atom stereocenters. The Morgan fingerprint density at radius 2 is 1.48 bits per heavy atom. The topological polar surface area (TPSA) is 115 Å². The summed E-state index contributed by atoms with van der Waals surface area (Å²) in [5, 5.41) is 14.0. The largest absolute Gasteiger partial charge is 0.545 e. The molecule has 0 heterocycles. The first kappa shape index (κ1) is 20.4. The molecule has 0 aliphatic rings. The quantitative estimate of drug-likeness (QED) is 0.625. The first-order chi connectivity index (χ1) is 13.8. The molecule has 0 aromatic heterocycles. The normalized spacial score (nSPS) is 10.9. The molecule has 0 aliphatic carbocycles. The van der Waals surface area contributed by atoms with E-state index in [9.17, 15) is 23.1 Å². The van der Waals surface area contributed by atoms with E-state index in [-0.39, 0.29) is 27.4 Å². The fourth-order valence-electron chi connectivity index (χ4n) is 2.48. The van der Waals surface area contributed by atoms with E-state index in [4.69, 9.17) is 11.6 Å². The number of nitrogens with one attached hydrogen (secondary N) is 2. The number of carbonyl (C=O) groups is 2. The molecule has 0 aliphatic heterocycles. The lowest BCUT2D eigenvalue weighted by Gasteiger charge is -2.12. The Morgan fingerprint density at radius 3 is 2.10 bits per heavy atom. The maximum Gasteiger partial charge on any atom is 0.261 e. The van der Waals surface area contributed by atoms with E-state index in [1.807, 2.05) is 0 Å². The van der Waals surface area contributed by atoms with Gasteiger partial charge in [-0.25, -0.2) is 8.42 Å². The number of para-hydroxylation sites is 1. The highest BCUT2D eigenvalue weighted by atomic mass is 35.5. The number of amides is 1. The van der Waals surface area contributed by atoms with E-state index in [2.05, 4.69) is 10.0 Å². The van der Waals surface area contributed by atoms with E-state index in [0.29, 0.717) is 5.02 Å². The van der Waals surface area contributed by atoms with E-state index in [1.54, 1.807) is 6.07 Å². The second-order valence-electron chi connectivity index (χ2n) is 5.92. The summed E-state index contributed by atoms with van der Waals surface area (Å²) < 4.78 is 27.2.